The van der Waals surface area contributed by atoms with Crippen molar-refractivity contribution >= 4 is 5.97 Å². The van der Waals surface area contributed by atoms with Gasteiger partial charge in [-0.05, 0) is 62.5 Å². The zero-order valence-corrected chi connectivity index (χ0v) is 15.7. The number of carboxylic acid groups (broad SMARTS) is 1. The molecule has 0 amide bonds. The van der Waals surface area contributed by atoms with Crippen LogP contribution in [0.15, 0.2) is 11.6 Å². The van der Waals surface area contributed by atoms with Crippen molar-refractivity contribution in [3.8, 4) is 0 Å². The van der Waals surface area contributed by atoms with E-state index in [0.717, 1.165) is 31.3 Å². The van der Waals surface area contributed by atoms with E-state index >= 15 is 0 Å². The first-order valence-corrected chi connectivity index (χ1v) is 9.63. The predicted octanol–water partition coefficient (Wildman–Crippen LogP) is 3.46. The molecule has 0 aromatic carbocycles. The minimum Gasteiger partial charge on any atom is -0.481 e. The van der Waals surface area contributed by atoms with E-state index in [2.05, 4.69) is 26.8 Å². The van der Waals surface area contributed by atoms with E-state index in [4.69, 9.17) is 9.78 Å². The van der Waals surface area contributed by atoms with E-state index in [1.54, 1.807) is 0 Å². The van der Waals surface area contributed by atoms with Crippen LogP contribution in [0.4, 0.5) is 0 Å². The Hall–Kier alpha value is -0.910. The lowest BCUT2D eigenvalue weighted by atomic mass is 9.42. The molecule has 5 heteroatoms. The van der Waals surface area contributed by atoms with Gasteiger partial charge in [0.25, 0.3) is 0 Å². The Balaban J connectivity index is 1.86. The maximum Gasteiger partial charge on any atom is 0.309 e. The van der Waals surface area contributed by atoms with Crippen molar-refractivity contribution in [2.75, 3.05) is 0 Å². The van der Waals surface area contributed by atoms with Crippen LogP contribution in [-0.2, 0) is 14.6 Å². The van der Waals surface area contributed by atoms with Crippen LogP contribution < -0.4 is 0 Å². The molecule has 0 aromatic rings. The van der Waals surface area contributed by atoms with Gasteiger partial charge in [-0.1, -0.05) is 27.2 Å². The molecule has 3 aliphatic carbocycles. The lowest BCUT2D eigenvalue weighted by Crippen LogP contribution is -2.70. The molecule has 2 aliphatic heterocycles. The number of fused-ring (bicyclic) bond motifs is 3. The Morgan fingerprint density at radius 3 is 2.48 bits per heavy atom. The summed E-state index contributed by atoms with van der Waals surface area (Å²) in [5, 5.41) is 20.9. The third kappa shape index (κ3) is 1.92. The van der Waals surface area contributed by atoms with Gasteiger partial charge in [0.05, 0.1) is 11.5 Å². The zero-order valence-electron chi connectivity index (χ0n) is 15.7. The third-order valence-electron chi connectivity index (χ3n) is 8.21. The summed E-state index contributed by atoms with van der Waals surface area (Å²) in [6.07, 6.45) is 6.01. The first-order valence-electron chi connectivity index (χ1n) is 9.63. The van der Waals surface area contributed by atoms with Gasteiger partial charge >= 0.3 is 5.97 Å². The highest BCUT2D eigenvalue weighted by atomic mass is 17.2. The van der Waals surface area contributed by atoms with Gasteiger partial charge in [-0.2, -0.15) is 0 Å². The van der Waals surface area contributed by atoms with E-state index in [1.807, 2.05) is 6.92 Å². The average Bonchev–Trinajstić information content (AvgIpc) is 2.58. The number of carboxylic acids is 1. The highest BCUT2D eigenvalue weighted by Gasteiger charge is 2.71. The Morgan fingerprint density at radius 2 is 1.92 bits per heavy atom. The largest absolute Gasteiger partial charge is 0.481 e. The molecule has 5 nitrogen and oxygen atoms in total. The summed E-state index contributed by atoms with van der Waals surface area (Å²) < 4.78 is 0. The van der Waals surface area contributed by atoms with Gasteiger partial charge < -0.3 is 10.2 Å². The fourth-order valence-electron chi connectivity index (χ4n) is 6.38. The van der Waals surface area contributed by atoms with E-state index < -0.39 is 28.7 Å². The fraction of sp³-hybridized carbons (Fsp3) is 0.850. The van der Waals surface area contributed by atoms with Crippen LogP contribution >= 0.6 is 0 Å². The Morgan fingerprint density at radius 1 is 1.20 bits per heavy atom. The minimum atomic E-state index is -0.832. The smallest absolute Gasteiger partial charge is 0.309 e. The normalized spacial score (nSPS) is 51.7. The molecule has 25 heavy (non-hydrogen) atoms. The van der Waals surface area contributed by atoms with Crippen molar-refractivity contribution in [3.05, 3.63) is 11.6 Å². The molecular formula is C20H30O5. The lowest BCUT2D eigenvalue weighted by molar-refractivity contribution is -0.467. The van der Waals surface area contributed by atoms with E-state index in [-0.39, 0.29) is 17.3 Å². The molecule has 1 spiro atoms. The number of rotatable bonds is 2. The fourth-order valence-corrected chi connectivity index (χ4v) is 6.38. The molecule has 2 N–H and O–H groups in total. The van der Waals surface area contributed by atoms with Crippen molar-refractivity contribution < 1.29 is 24.8 Å². The molecule has 2 heterocycles. The van der Waals surface area contributed by atoms with Crippen molar-refractivity contribution in [2.24, 2.45) is 22.7 Å². The van der Waals surface area contributed by atoms with Crippen LogP contribution in [0.25, 0.3) is 0 Å². The number of aliphatic hydroxyl groups excluding tert-OH is 1. The molecule has 5 aliphatic rings. The predicted molar refractivity (Wildman–Crippen MR) is 91.6 cm³/mol. The van der Waals surface area contributed by atoms with Crippen molar-refractivity contribution in [2.45, 2.75) is 83.5 Å². The molecule has 1 saturated heterocycles. The third-order valence-corrected chi connectivity index (χ3v) is 8.21. The van der Waals surface area contributed by atoms with Crippen LogP contribution in [0.3, 0.4) is 0 Å². The molecule has 6 atom stereocenters. The summed E-state index contributed by atoms with van der Waals surface area (Å²) in [6.45, 7) is 8.23. The molecular weight excluding hydrogens is 320 g/mol. The number of carbonyl (C=O) groups is 1. The monoisotopic (exact) mass is 350 g/mol. The van der Waals surface area contributed by atoms with Gasteiger partial charge in [0.15, 0.2) is 0 Å². The van der Waals surface area contributed by atoms with E-state index in [9.17, 15) is 15.0 Å². The number of hydrogen-bond acceptors (Lipinski definition) is 4. The number of aliphatic carboxylic acids is 1. The summed E-state index contributed by atoms with van der Waals surface area (Å²) in [7, 11) is 0. The van der Waals surface area contributed by atoms with Crippen LogP contribution in [0.2, 0.25) is 0 Å². The highest BCUT2D eigenvalue weighted by molar-refractivity contribution is 5.75. The Kier molecular flexibility index (Phi) is 3.56. The Labute approximate surface area is 149 Å². The van der Waals surface area contributed by atoms with Gasteiger partial charge in [0, 0.05) is 5.41 Å². The summed E-state index contributed by atoms with van der Waals surface area (Å²) in [5.74, 6) is -0.637. The second-order valence-electron chi connectivity index (χ2n) is 9.50. The van der Waals surface area contributed by atoms with Gasteiger partial charge in [-0.25, -0.2) is 9.78 Å². The standard InChI is InChI=1S/C20H30O5/c1-12(2)19-8-9-20(25-24-19)13(11-19)14(21)10-15-17(3,16(22)23)6-5-7-18(15,20)4/h11-12,14-15,21H,5-10H2,1-4H3,(H,22,23)/t14-,15+,17-,18+,19-,20+/m0/s1. The molecule has 140 valence electrons. The molecule has 0 aromatic heterocycles. The molecule has 0 unspecified atom stereocenters. The quantitative estimate of drug-likeness (QED) is 0.589. The van der Waals surface area contributed by atoms with Crippen LogP contribution in [0, 0.1) is 22.7 Å². The van der Waals surface area contributed by atoms with Crippen LogP contribution in [0.1, 0.15) is 66.2 Å². The van der Waals surface area contributed by atoms with Gasteiger partial charge in [-0.3, -0.25) is 4.79 Å². The zero-order chi connectivity index (χ0) is 18.3. The summed E-state index contributed by atoms with van der Waals surface area (Å²) in [5.41, 5.74) is -1.39. The Bertz CT molecular complexity index is 630. The molecule has 5 rings (SSSR count). The summed E-state index contributed by atoms with van der Waals surface area (Å²) >= 11 is 0. The van der Waals surface area contributed by atoms with Crippen molar-refractivity contribution in [3.63, 3.8) is 0 Å². The first kappa shape index (κ1) is 17.5. The topological polar surface area (TPSA) is 76.0 Å². The van der Waals surface area contributed by atoms with Gasteiger partial charge in [0.2, 0.25) is 0 Å². The van der Waals surface area contributed by atoms with Crippen molar-refractivity contribution in [1.29, 1.82) is 0 Å². The summed E-state index contributed by atoms with van der Waals surface area (Å²) in [6, 6.07) is 0. The van der Waals surface area contributed by atoms with Crippen LogP contribution in [0.5, 0.6) is 0 Å². The van der Waals surface area contributed by atoms with Crippen LogP contribution in [-0.4, -0.2) is 33.5 Å². The molecule has 3 fully saturated rings. The molecule has 0 radical (unpaired) electrons. The van der Waals surface area contributed by atoms with E-state index in [1.165, 1.54) is 0 Å². The van der Waals surface area contributed by atoms with Gasteiger partial charge in [-0.15, -0.1) is 0 Å². The molecule has 2 saturated carbocycles. The maximum atomic E-state index is 12.1. The van der Waals surface area contributed by atoms with Gasteiger partial charge in [0.1, 0.15) is 11.2 Å². The lowest BCUT2D eigenvalue weighted by Gasteiger charge is -2.67. The average molecular weight is 350 g/mol. The second kappa shape index (κ2) is 5.08. The molecule has 2 bridgehead atoms. The van der Waals surface area contributed by atoms with E-state index in [0.29, 0.717) is 12.8 Å². The number of aliphatic hydroxyl groups is 1. The van der Waals surface area contributed by atoms with Crippen molar-refractivity contribution in [1.82, 2.24) is 0 Å². The summed E-state index contributed by atoms with van der Waals surface area (Å²) in [4.78, 5) is 24.2. The first-order chi connectivity index (χ1) is 11.6. The highest BCUT2D eigenvalue weighted by Crippen LogP contribution is 2.68. The SMILES string of the molecule is CC(C)[C@@]12C=C3[C@@H](O)C[C@@H]4[C@@](C)(C(=O)O)CCC[C@@]4(C)[C@]3(CC1)OO2. The minimum absolute atomic E-state index is 0.133. The second-order valence-corrected chi connectivity index (χ2v) is 9.50. The maximum absolute atomic E-state index is 12.1. The number of hydrogen-bond donors (Lipinski definition) is 2.